The first-order chi connectivity index (χ1) is 8.27. The van der Waals surface area contributed by atoms with Gasteiger partial charge < -0.3 is 10.2 Å². The van der Waals surface area contributed by atoms with Gasteiger partial charge in [0.15, 0.2) is 0 Å². The molecule has 0 saturated carbocycles. The minimum atomic E-state index is 0.324. The Morgan fingerprint density at radius 1 is 1.29 bits per heavy atom. The fraction of sp³-hybridized carbons (Fsp3) is 0.600. The van der Waals surface area contributed by atoms with E-state index in [1.807, 2.05) is 0 Å². The fourth-order valence-electron chi connectivity index (χ4n) is 3.29. The van der Waals surface area contributed by atoms with Crippen LogP contribution in [0.25, 0.3) is 0 Å². The maximum Gasteiger partial charge on any atom is 0.0399 e. The number of benzene rings is 1. The molecule has 2 nitrogen and oxygen atoms in total. The number of hydrogen-bond acceptors (Lipinski definition) is 2. The van der Waals surface area contributed by atoms with E-state index < -0.39 is 0 Å². The van der Waals surface area contributed by atoms with E-state index >= 15 is 0 Å². The molecule has 2 aliphatic heterocycles. The first-order valence-corrected chi connectivity index (χ1v) is 6.85. The van der Waals surface area contributed by atoms with Crippen LogP contribution in [0.4, 0.5) is 5.69 Å². The van der Waals surface area contributed by atoms with Crippen LogP contribution in [0, 0.1) is 0 Å². The second kappa shape index (κ2) is 4.34. The summed E-state index contributed by atoms with van der Waals surface area (Å²) in [7, 11) is 0. The average Bonchev–Trinajstić information content (AvgIpc) is 2.76. The van der Waals surface area contributed by atoms with E-state index in [9.17, 15) is 0 Å². The highest BCUT2D eigenvalue weighted by Crippen LogP contribution is 2.29. The summed E-state index contributed by atoms with van der Waals surface area (Å²) in [5.41, 5.74) is 3.32. The number of rotatable bonds is 2. The molecule has 2 aliphatic rings. The summed E-state index contributed by atoms with van der Waals surface area (Å²) in [5, 5.41) is 3.67. The topological polar surface area (TPSA) is 15.3 Å². The minimum absolute atomic E-state index is 0.324. The van der Waals surface area contributed by atoms with Gasteiger partial charge in [0.2, 0.25) is 0 Å². The molecular weight excluding hydrogens is 208 g/mol. The van der Waals surface area contributed by atoms with Crippen molar-refractivity contribution in [2.45, 2.75) is 38.1 Å². The van der Waals surface area contributed by atoms with Crippen LogP contribution in [0.15, 0.2) is 24.3 Å². The summed E-state index contributed by atoms with van der Waals surface area (Å²) < 4.78 is 0. The van der Waals surface area contributed by atoms with Crippen LogP contribution in [0.2, 0.25) is 0 Å². The molecule has 1 aromatic rings. The van der Waals surface area contributed by atoms with Gasteiger partial charge in [-0.1, -0.05) is 18.2 Å². The van der Waals surface area contributed by atoms with Crippen molar-refractivity contribution < 1.29 is 0 Å². The summed E-state index contributed by atoms with van der Waals surface area (Å²) in [4.78, 5) is 2.58. The molecule has 1 aromatic carbocycles. The lowest BCUT2D eigenvalue weighted by Crippen LogP contribution is -2.48. The van der Waals surface area contributed by atoms with Crippen LogP contribution in [0.3, 0.4) is 0 Å². The quantitative estimate of drug-likeness (QED) is 0.840. The number of aryl methyl sites for hydroxylation is 1. The number of anilines is 1. The maximum absolute atomic E-state index is 3.67. The van der Waals surface area contributed by atoms with Crippen molar-refractivity contribution in [2.24, 2.45) is 0 Å². The lowest BCUT2D eigenvalue weighted by atomic mass is 9.96. The van der Waals surface area contributed by atoms with Crippen LogP contribution < -0.4 is 10.2 Å². The van der Waals surface area contributed by atoms with Gasteiger partial charge in [-0.2, -0.15) is 0 Å². The molecular formula is C15H22N2. The second-order valence-electron chi connectivity index (χ2n) is 5.74. The van der Waals surface area contributed by atoms with Crippen molar-refractivity contribution in [1.82, 2.24) is 5.32 Å². The minimum Gasteiger partial charge on any atom is -0.369 e. The molecule has 2 heterocycles. The van der Waals surface area contributed by atoms with E-state index in [1.165, 1.54) is 50.0 Å². The van der Waals surface area contributed by atoms with Crippen LogP contribution in [0.5, 0.6) is 0 Å². The average molecular weight is 230 g/mol. The molecule has 17 heavy (non-hydrogen) atoms. The van der Waals surface area contributed by atoms with Crippen molar-refractivity contribution in [3.05, 3.63) is 29.8 Å². The van der Waals surface area contributed by atoms with E-state index in [2.05, 4.69) is 41.4 Å². The summed E-state index contributed by atoms with van der Waals surface area (Å²) in [6.07, 6.45) is 5.18. The molecule has 0 aliphatic carbocycles. The van der Waals surface area contributed by atoms with Crippen molar-refractivity contribution >= 4 is 5.69 Å². The molecule has 1 N–H and O–H groups in total. The standard InChI is InChI=1S/C15H22N2/c1-15(9-5-10-16-15)12-17-11-4-7-13-6-2-3-8-14(13)17/h2-3,6,8,16H,4-5,7,9-12H2,1H3. The van der Waals surface area contributed by atoms with Gasteiger partial charge in [-0.25, -0.2) is 0 Å². The smallest absolute Gasteiger partial charge is 0.0399 e. The summed E-state index contributed by atoms with van der Waals surface area (Å²) in [5.74, 6) is 0. The maximum atomic E-state index is 3.67. The zero-order valence-corrected chi connectivity index (χ0v) is 10.7. The summed E-state index contributed by atoms with van der Waals surface area (Å²) in [6, 6.07) is 8.90. The lowest BCUT2D eigenvalue weighted by molar-refractivity contribution is 0.407. The number of fused-ring (bicyclic) bond motifs is 1. The number of hydrogen-bond donors (Lipinski definition) is 1. The highest BCUT2D eigenvalue weighted by Gasteiger charge is 2.31. The van der Waals surface area contributed by atoms with E-state index in [1.54, 1.807) is 0 Å². The van der Waals surface area contributed by atoms with E-state index in [0.717, 1.165) is 6.54 Å². The Bertz CT molecular complexity index is 394. The van der Waals surface area contributed by atoms with Crippen LogP contribution in [-0.4, -0.2) is 25.2 Å². The Morgan fingerprint density at radius 3 is 3.00 bits per heavy atom. The Morgan fingerprint density at radius 2 is 2.18 bits per heavy atom. The molecule has 1 saturated heterocycles. The van der Waals surface area contributed by atoms with Gasteiger partial charge in [-0.3, -0.25) is 0 Å². The highest BCUT2D eigenvalue weighted by atomic mass is 15.2. The third kappa shape index (κ3) is 2.19. The number of nitrogens with zero attached hydrogens (tertiary/aromatic N) is 1. The molecule has 1 atom stereocenters. The van der Waals surface area contributed by atoms with Crippen molar-refractivity contribution in [3.63, 3.8) is 0 Å². The molecule has 0 spiro atoms. The molecule has 3 rings (SSSR count). The van der Waals surface area contributed by atoms with Gasteiger partial charge >= 0.3 is 0 Å². The van der Waals surface area contributed by atoms with Gasteiger partial charge in [-0.05, 0) is 50.8 Å². The number of nitrogens with one attached hydrogen (secondary N) is 1. The van der Waals surface area contributed by atoms with Crippen molar-refractivity contribution in [1.29, 1.82) is 0 Å². The van der Waals surface area contributed by atoms with Gasteiger partial charge in [0, 0.05) is 24.3 Å². The SMILES string of the molecule is CC1(CN2CCCc3ccccc32)CCCN1. The largest absolute Gasteiger partial charge is 0.369 e. The zero-order chi connectivity index (χ0) is 11.7. The van der Waals surface area contributed by atoms with E-state index in [4.69, 9.17) is 0 Å². The third-order valence-electron chi connectivity index (χ3n) is 4.20. The van der Waals surface area contributed by atoms with E-state index in [0.29, 0.717) is 5.54 Å². The van der Waals surface area contributed by atoms with Gasteiger partial charge in [0.1, 0.15) is 0 Å². The van der Waals surface area contributed by atoms with Crippen LogP contribution in [-0.2, 0) is 6.42 Å². The lowest BCUT2D eigenvalue weighted by Gasteiger charge is -2.37. The predicted octanol–water partition coefficient (Wildman–Crippen LogP) is 2.58. The van der Waals surface area contributed by atoms with Crippen molar-refractivity contribution in [2.75, 3.05) is 24.5 Å². The molecule has 1 fully saturated rings. The monoisotopic (exact) mass is 230 g/mol. The molecule has 0 aromatic heterocycles. The third-order valence-corrected chi connectivity index (χ3v) is 4.20. The summed E-state index contributed by atoms with van der Waals surface area (Å²) in [6.45, 7) is 5.93. The molecule has 1 unspecified atom stereocenters. The zero-order valence-electron chi connectivity index (χ0n) is 10.7. The predicted molar refractivity (Wildman–Crippen MR) is 72.6 cm³/mol. The first-order valence-electron chi connectivity index (χ1n) is 6.85. The van der Waals surface area contributed by atoms with Gasteiger partial charge in [-0.15, -0.1) is 0 Å². The van der Waals surface area contributed by atoms with Crippen molar-refractivity contribution in [3.8, 4) is 0 Å². The molecule has 92 valence electrons. The first kappa shape index (κ1) is 11.1. The Balaban J connectivity index is 1.81. The Kier molecular flexibility index (Phi) is 2.83. The summed E-state index contributed by atoms with van der Waals surface area (Å²) >= 11 is 0. The van der Waals surface area contributed by atoms with Crippen LogP contribution in [0.1, 0.15) is 31.7 Å². The van der Waals surface area contributed by atoms with Gasteiger partial charge in [0.05, 0.1) is 0 Å². The highest BCUT2D eigenvalue weighted by molar-refractivity contribution is 5.55. The Labute approximate surface area is 104 Å². The molecule has 0 amide bonds. The van der Waals surface area contributed by atoms with Gasteiger partial charge in [0.25, 0.3) is 0 Å². The molecule has 0 bridgehead atoms. The Hall–Kier alpha value is -1.02. The second-order valence-corrected chi connectivity index (χ2v) is 5.74. The van der Waals surface area contributed by atoms with E-state index in [-0.39, 0.29) is 0 Å². The molecule has 2 heteroatoms. The fourth-order valence-corrected chi connectivity index (χ4v) is 3.29. The number of para-hydroxylation sites is 1. The molecule has 0 radical (unpaired) electrons. The van der Waals surface area contributed by atoms with Crippen LogP contribution >= 0.6 is 0 Å². The normalized spacial score (nSPS) is 28.2.